The van der Waals surface area contributed by atoms with E-state index in [0.29, 0.717) is 12.5 Å². The second-order valence-corrected chi connectivity index (χ2v) is 4.62. The van der Waals surface area contributed by atoms with Gasteiger partial charge >= 0.3 is 0 Å². The smallest absolute Gasteiger partial charge is 0.135 e. The van der Waals surface area contributed by atoms with Crippen molar-refractivity contribution in [2.75, 3.05) is 17.7 Å². The lowest BCUT2D eigenvalue weighted by atomic mass is 10.2. The van der Waals surface area contributed by atoms with E-state index in [-0.39, 0.29) is 0 Å². The Bertz CT molecular complexity index is 525. The molecule has 0 radical (unpaired) electrons. The normalized spacial score (nSPS) is 10.5. The van der Waals surface area contributed by atoms with Crippen LogP contribution in [0.25, 0.3) is 0 Å². The Morgan fingerprint density at radius 3 is 2.63 bits per heavy atom. The van der Waals surface area contributed by atoms with Gasteiger partial charge in [0.2, 0.25) is 0 Å². The first kappa shape index (κ1) is 13.3. The van der Waals surface area contributed by atoms with Crippen molar-refractivity contribution >= 4 is 11.6 Å². The van der Waals surface area contributed by atoms with Crippen molar-refractivity contribution < 1.29 is 0 Å². The van der Waals surface area contributed by atoms with Gasteiger partial charge in [0.05, 0.1) is 0 Å². The van der Waals surface area contributed by atoms with Crippen LogP contribution in [0, 0.1) is 0 Å². The second-order valence-electron chi connectivity index (χ2n) is 4.62. The number of anilines is 2. The van der Waals surface area contributed by atoms with E-state index >= 15 is 0 Å². The Hall–Kier alpha value is -2.17. The quantitative estimate of drug-likeness (QED) is 0.862. The van der Waals surface area contributed by atoms with E-state index in [4.69, 9.17) is 0 Å². The maximum atomic E-state index is 4.51. The topological polar surface area (TPSA) is 62.7 Å². The van der Waals surface area contributed by atoms with Gasteiger partial charge in [-0.3, -0.25) is 4.98 Å². The molecule has 0 spiro atoms. The lowest BCUT2D eigenvalue weighted by molar-refractivity contribution is 0.776. The van der Waals surface area contributed by atoms with Crippen LogP contribution in [-0.4, -0.2) is 22.0 Å². The summed E-state index contributed by atoms with van der Waals surface area (Å²) in [5.41, 5.74) is 1.12. The summed E-state index contributed by atoms with van der Waals surface area (Å²) >= 11 is 0. The number of hydrogen-bond acceptors (Lipinski definition) is 5. The molecule has 5 nitrogen and oxygen atoms in total. The molecule has 2 aromatic rings. The number of hydrogen-bond donors (Lipinski definition) is 2. The predicted molar refractivity (Wildman–Crippen MR) is 77.2 cm³/mol. The highest BCUT2D eigenvalue weighted by atomic mass is 15.1. The molecule has 0 amide bonds. The number of pyridine rings is 1. The van der Waals surface area contributed by atoms with Crippen LogP contribution >= 0.6 is 0 Å². The molecule has 2 heterocycles. The first-order valence-electron chi connectivity index (χ1n) is 6.38. The standard InChI is InChI=1S/C14H19N5/c1-10(2)14-18-12(15-3)7-13(19-14)17-9-11-5-4-6-16-8-11/h4-8,10H,9H2,1-3H3,(H2,15,17,18,19). The van der Waals surface area contributed by atoms with Crippen LogP contribution in [-0.2, 0) is 6.54 Å². The molecule has 0 unspecified atom stereocenters. The van der Waals surface area contributed by atoms with Crippen LogP contribution in [0.3, 0.4) is 0 Å². The fourth-order valence-corrected chi connectivity index (χ4v) is 1.64. The average Bonchev–Trinajstić information content (AvgIpc) is 2.45. The molecule has 0 saturated heterocycles. The molecule has 19 heavy (non-hydrogen) atoms. The van der Waals surface area contributed by atoms with Gasteiger partial charge in [0, 0.05) is 38.0 Å². The number of nitrogens with one attached hydrogen (secondary N) is 2. The lowest BCUT2D eigenvalue weighted by Crippen LogP contribution is -2.07. The molecule has 2 aromatic heterocycles. The molecule has 0 aromatic carbocycles. The van der Waals surface area contributed by atoms with E-state index in [0.717, 1.165) is 23.0 Å². The summed E-state index contributed by atoms with van der Waals surface area (Å²) in [7, 11) is 1.86. The van der Waals surface area contributed by atoms with Crippen LogP contribution in [0.15, 0.2) is 30.6 Å². The van der Waals surface area contributed by atoms with Crippen LogP contribution in [0.4, 0.5) is 11.6 Å². The zero-order valence-electron chi connectivity index (χ0n) is 11.5. The Labute approximate surface area is 113 Å². The van der Waals surface area contributed by atoms with Crippen molar-refractivity contribution in [3.8, 4) is 0 Å². The van der Waals surface area contributed by atoms with Crippen molar-refractivity contribution in [3.63, 3.8) is 0 Å². The number of nitrogens with zero attached hydrogens (tertiary/aromatic N) is 3. The molecule has 100 valence electrons. The Morgan fingerprint density at radius 2 is 2.00 bits per heavy atom. The van der Waals surface area contributed by atoms with Crippen molar-refractivity contribution in [1.82, 2.24) is 15.0 Å². The monoisotopic (exact) mass is 257 g/mol. The molecule has 5 heteroatoms. The van der Waals surface area contributed by atoms with Crippen molar-refractivity contribution in [1.29, 1.82) is 0 Å². The van der Waals surface area contributed by atoms with Crippen molar-refractivity contribution in [3.05, 3.63) is 42.0 Å². The molecule has 0 saturated carbocycles. The molecule has 0 aliphatic heterocycles. The van der Waals surface area contributed by atoms with Crippen LogP contribution in [0.1, 0.15) is 31.2 Å². The van der Waals surface area contributed by atoms with Gasteiger partial charge in [-0.2, -0.15) is 0 Å². The zero-order valence-corrected chi connectivity index (χ0v) is 11.5. The van der Waals surface area contributed by atoms with E-state index in [9.17, 15) is 0 Å². The largest absolute Gasteiger partial charge is 0.373 e. The van der Waals surface area contributed by atoms with Gasteiger partial charge in [-0.25, -0.2) is 9.97 Å². The summed E-state index contributed by atoms with van der Waals surface area (Å²) in [5, 5.41) is 6.36. The van der Waals surface area contributed by atoms with E-state index in [1.807, 2.05) is 31.4 Å². The fourth-order valence-electron chi connectivity index (χ4n) is 1.64. The van der Waals surface area contributed by atoms with Gasteiger partial charge in [0.15, 0.2) is 0 Å². The number of aromatic nitrogens is 3. The summed E-state index contributed by atoms with van der Waals surface area (Å²) in [6.07, 6.45) is 3.61. The predicted octanol–water partition coefficient (Wildman–Crippen LogP) is 2.65. The first-order valence-corrected chi connectivity index (χ1v) is 6.38. The lowest BCUT2D eigenvalue weighted by Gasteiger charge is -2.11. The third kappa shape index (κ3) is 3.64. The SMILES string of the molecule is CNc1cc(NCc2cccnc2)nc(C(C)C)n1. The molecule has 0 aliphatic rings. The zero-order chi connectivity index (χ0) is 13.7. The molecule has 0 fully saturated rings. The van der Waals surface area contributed by atoms with Crippen LogP contribution in [0.2, 0.25) is 0 Å². The number of rotatable bonds is 5. The molecule has 0 aliphatic carbocycles. The molecule has 2 rings (SSSR count). The third-order valence-corrected chi connectivity index (χ3v) is 2.71. The third-order valence-electron chi connectivity index (χ3n) is 2.71. The van der Waals surface area contributed by atoms with Gasteiger partial charge in [0.25, 0.3) is 0 Å². The maximum absolute atomic E-state index is 4.51. The fraction of sp³-hybridized carbons (Fsp3) is 0.357. The highest BCUT2D eigenvalue weighted by Gasteiger charge is 2.07. The van der Waals surface area contributed by atoms with E-state index in [1.165, 1.54) is 0 Å². The summed E-state index contributed by atoms with van der Waals surface area (Å²) in [6, 6.07) is 5.86. The molecule has 0 atom stereocenters. The minimum Gasteiger partial charge on any atom is -0.373 e. The first-order chi connectivity index (χ1) is 9.19. The summed E-state index contributed by atoms with van der Waals surface area (Å²) < 4.78 is 0. The highest BCUT2D eigenvalue weighted by molar-refractivity contribution is 5.47. The van der Waals surface area contributed by atoms with E-state index < -0.39 is 0 Å². The van der Waals surface area contributed by atoms with Crippen molar-refractivity contribution in [2.24, 2.45) is 0 Å². The summed E-state index contributed by atoms with van der Waals surface area (Å²) in [4.78, 5) is 13.0. The van der Waals surface area contributed by atoms with Gasteiger partial charge in [-0.05, 0) is 11.6 Å². The Morgan fingerprint density at radius 1 is 1.21 bits per heavy atom. The Kier molecular flexibility index (Phi) is 4.28. The van der Waals surface area contributed by atoms with Crippen LogP contribution < -0.4 is 10.6 Å². The average molecular weight is 257 g/mol. The van der Waals surface area contributed by atoms with E-state index in [2.05, 4.69) is 39.4 Å². The summed E-state index contributed by atoms with van der Waals surface area (Å²) in [6.45, 7) is 4.87. The molecule has 0 bridgehead atoms. The molecule has 2 N–H and O–H groups in total. The minimum atomic E-state index is 0.298. The molecular weight excluding hydrogens is 238 g/mol. The van der Waals surface area contributed by atoms with E-state index in [1.54, 1.807) is 6.20 Å². The van der Waals surface area contributed by atoms with Gasteiger partial charge in [-0.15, -0.1) is 0 Å². The van der Waals surface area contributed by atoms with Crippen LogP contribution in [0.5, 0.6) is 0 Å². The van der Waals surface area contributed by atoms with Crippen molar-refractivity contribution in [2.45, 2.75) is 26.3 Å². The minimum absolute atomic E-state index is 0.298. The summed E-state index contributed by atoms with van der Waals surface area (Å²) in [5.74, 6) is 2.78. The van der Waals surface area contributed by atoms with Gasteiger partial charge < -0.3 is 10.6 Å². The van der Waals surface area contributed by atoms with Gasteiger partial charge in [0.1, 0.15) is 17.5 Å². The van der Waals surface area contributed by atoms with Gasteiger partial charge in [-0.1, -0.05) is 19.9 Å². The maximum Gasteiger partial charge on any atom is 0.135 e. The Balaban J connectivity index is 2.13. The second kappa shape index (κ2) is 6.13. The molecular formula is C14H19N5. The highest BCUT2D eigenvalue weighted by Crippen LogP contribution is 2.17.